The van der Waals surface area contributed by atoms with Crippen molar-refractivity contribution in [2.75, 3.05) is 0 Å². The van der Waals surface area contributed by atoms with E-state index in [1.54, 1.807) is 0 Å². The SMILES string of the molecule is CCc1cn2c(n1)C(Cc1ccccc1)=NC(c1ccccc1)C2. The second-order valence-electron chi connectivity index (χ2n) is 6.23. The molecule has 2 heterocycles. The second-order valence-corrected chi connectivity index (χ2v) is 6.23. The molecule has 0 saturated carbocycles. The molecule has 0 radical (unpaired) electrons. The zero-order valence-corrected chi connectivity index (χ0v) is 13.9. The number of benzene rings is 2. The van der Waals surface area contributed by atoms with E-state index in [9.17, 15) is 0 Å². The molecule has 1 aromatic heterocycles. The largest absolute Gasteiger partial charge is 0.327 e. The Bertz CT molecular complexity index is 847. The Morgan fingerprint density at radius 3 is 2.42 bits per heavy atom. The first-order valence-electron chi connectivity index (χ1n) is 8.55. The molecule has 0 amide bonds. The van der Waals surface area contributed by atoms with Gasteiger partial charge >= 0.3 is 0 Å². The maximum absolute atomic E-state index is 5.07. The highest BCUT2D eigenvalue weighted by molar-refractivity contribution is 5.99. The first kappa shape index (κ1) is 14.9. The van der Waals surface area contributed by atoms with Crippen molar-refractivity contribution in [3.63, 3.8) is 0 Å². The van der Waals surface area contributed by atoms with E-state index in [2.05, 4.69) is 78.4 Å². The highest BCUT2D eigenvalue weighted by atomic mass is 15.1. The van der Waals surface area contributed by atoms with Crippen molar-refractivity contribution in [2.45, 2.75) is 32.4 Å². The standard InChI is InChI=1S/C21H21N3/c1-2-18-14-24-15-20(17-11-7-4-8-12-17)23-19(21(24)22-18)13-16-9-5-3-6-10-16/h3-12,14,20H,2,13,15H2,1H3. The van der Waals surface area contributed by atoms with E-state index in [0.717, 1.165) is 36.6 Å². The molecule has 0 bridgehead atoms. The lowest BCUT2D eigenvalue weighted by Crippen LogP contribution is -2.23. The fourth-order valence-corrected chi connectivity index (χ4v) is 3.25. The maximum Gasteiger partial charge on any atom is 0.154 e. The average molecular weight is 315 g/mol. The second kappa shape index (κ2) is 6.44. The number of fused-ring (bicyclic) bond motifs is 1. The van der Waals surface area contributed by atoms with Crippen molar-refractivity contribution in [2.24, 2.45) is 4.99 Å². The van der Waals surface area contributed by atoms with Gasteiger partial charge in [0.15, 0.2) is 5.82 Å². The lowest BCUT2D eigenvalue weighted by atomic mass is 10.0. The molecule has 3 aromatic rings. The van der Waals surface area contributed by atoms with Gasteiger partial charge in [-0.05, 0) is 17.5 Å². The third-order valence-corrected chi connectivity index (χ3v) is 4.53. The van der Waals surface area contributed by atoms with Crippen molar-refractivity contribution in [1.82, 2.24) is 9.55 Å². The van der Waals surface area contributed by atoms with Crippen LogP contribution in [-0.4, -0.2) is 15.3 Å². The van der Waals surface area contributed by atoms with Crippen LogP contribution in [0, 0.1) is 0 Å². The molecule has 1 aliphatic rings. The van der Waals surface area contributed by atoms with Gasteiger partial charge < -0.3 is 4.57 Å². The summed E-state index contributed by atoms with van der Waals surface area (Å²) >= 11 is 0. The van der Waals surface area contributed by atoms with Crippen molar-refractivity contribution < 1.29 is 0 Å². The summed E-state index contributed by atoms with van der Waals surface area (Å²) in [5.74, 6) is 1.03. The molecule has 24 heavy (non-hydrogen) atoms. The number of aromatic nitrogens is 2. The van der Waals surface area contributed by atoms with Gasteiger partial charge in [0.05, 0.1) is 24.0 Å². The van der Waals surface area contributed by atoms with E-state index in [1.807, 2.05) is 0 Å². The Balaban J connectivity index is 1.74. The minimum absolute atomic E-state index is 0.163. The molecule has 0 aliphatic carbocycles. The van der Waals surface area contributed by atoms with E-state index >= 15 is 0 Å². The summed E-state index contributed by atoms with van der Waals surface area (Å²) in [7, 11) is 0. The van der Waals surface area contributed by atoms with Crippen molar-refractivity contribution in [1.29, 1.82) is 0 Å². The van der Waals surface area contributed by atoms with Crippen LogP contribution in [0.2, 0.25) is 0 Å². The highest BCUT2D eigenvalue weighted by Crippen LogP contribution is 2.27. The van der Waals surface area contributed by atoms with Crippen molar-refractivity contribution in [3.8, 4) is 0 Å². The number of aryl methyl sites for hydroxylation is 1. The van der Waals surface area contributed by atoms with Crippen LogP contribution in [-0.2, 0) is 19.4 Å². The van der Waals surface area contributed by atoms with Crippen LogP contribution in [0.4, 0.5) is 0 Å². The topological polar surface area (TPSA) is 30.2 Å². The van der Waals surface area contributed by atoms with Gasteiger partial charge in [-0.2, -0.15) is 0 Å². The minimum Gasteiger partial charge on any atom is -0.327 e. The monoisotopic (exact) mass is 315 g/mol. The van der Waals surface area contributed by atoms with Crippen LogP contribution in [0.15, 0.2) is 71.9 Å². The van der Waals surface area contributed by atoms with Crippen molar-refractivity contribution >= 4 is 5.71 Å². The average Bonchev–Trinajstić information content (AvgIpc) is 3.07. The zero-order chi connectivity index (χ0) is 16.4. The number of hydrogen-bond donors (Lipinski definition) is 0. The molecule has 1 atom stereocenters. The summed E-state index contributed by atoms with van der Waals surface area (Å²) < 4.78 is 2.28. The van der Waals surface area contributed by atoms with Gasteiger partial charge in [0, 0.05) is 12.6 Å². The van der Waals surface area contributed by atoms with Gasteiger partial charge in [-0.15, -0.1) is 0 Å². The van der Waals surface area contributed by atoms with E-state index in [0.29, 0.717) is 0 Å². The van der Waals surface area contributed by atoms with E-state index in [4.69, 9.17) is 9.98 Å². The number of hydrogen-bond acceptors (Lipinski definition) is 2. The van der Waals surface area contributed by atoms with Crippen LogP contribution in [0.25, 0.3) is 0 Å². The zero-order valence-electron chi connectivity index (χ0n) is 13.9. The Kier molecular flexibility index (Phi) is 3.99. The molecule has 3 heteroatoms. The van der Waals surface area contributed by atoms with Crippen molar-refractivity contribution in [3.05, 3.63) is 89.5 Å². The van der Waals surface area contributed by atoms with Crippen LogP contribution in [0.3, 0.4) is 0 Å². The summed E-state index contributed by atoms with van der Waals surface area (Å²) in [4.78, 5) is 9.88. The Morgan fingerprint density at radius 2 is 1.71 bits per heavy atom. The number of nitrogens with zero attached hydrogens (tertiary/aromatic N) is 3. The molecular formula is C21H21N3. The predicted octanol–water partition coefficient (Wildman–Crippen LogP) is 4.23. The maximum atomic E-state index is 5.07. The smallest absolute Gasteiger partial charge is 0.154 e. The van der Waals surface area contributed by atoms with Crippen LogP contribution in [0.5, 0.6) is 0 Å². The highest BCUT2D eigenvalue weighted by Gasteiger charge is 2.24. The van der Waals surface area contributed by atoms with Crippen LogP contribution < -0.4 is 0 Å². The van der Waals surface area contributed by atoms with Gasteiger partial charge in [-0.1, -0.05) is 67.6 Å². The third kappa shape index (κ3) is 2.90. The molecule has 0 fully saturated rings. The van der Waals surface area contributed by atoms with Gasteiger partial charge in [-0.3, -0.25) is 4.99 Å². The quantitative estimate of drug-likeness (QED) is 0.708. The number of imidazole rings is 1. The first-order valence-corrected chi connectivity index (χ1v) is 8.55. The fraction of sp³-hybridized carbons (Fsp3) is 0.238. The Labute approximate surface area is 142 Å². The van der Waals surface area contributed by atoms with E-state index < -0.39 is 0 Å². The van der Waals surface area contributed by atoms with E-state index in [1.165, 1.54) is 11.1 Å². The molecule has 1 aliphatic heterocycles. The summed E-state index contributed by atoms with van der Waals surface area (Å²) in [5.41, 5.74) is 4.76. The van der Waals surface area contributed by atoms with E-state index in [-0.39, 0.29) is 6.04 Å². The van der Waals surface area contributed by atoms with Crippen LogP contribution in [0.1, 0.15) is 35.6 Å². The number of rotatable bonds is 4. The van der Waals surface area contributed by atoms with Gasteiger partial charge in [0.2, 0.25) is 0 Å². The Morgan fingerprint density at radius 1 is 1.00 bits per heavy atom. The molecule has 0 saturated heterocycles. The van der Waals surface area contributed by atoms with Gasteiger partial charge in [-0.25, -0.2) is 4.98 Å². The lowest BCUT2D eigenvalue weighted by molar-refractivity contribution is 0.555. The Hall–Kier alpha value is -2.68. The molecule has 1 unspecified atom stereocenters. The number of aliphatic imine (C=N–C) groups is 1. The summed E-state index contributed by atoms with van der Waals surface area (Å²) in [6.45, 7) is 3.02. The molecule has 2 aromatic carbocycles. The summed E-state index contributed by atoms with van der Waals surface area (Å²) in [5, 5.41) is 0. The fourth-order valence-electron chi connectivity index (χ4n) is 3.25. The van der Waals surface area contributed by atoms with Gasteiger partial charge in [0.25, 0.3) is 0 Å². The summed E-state index contributed by atoms with van der Waals surface area (Å²) in [6.07, 6.45) is 3.96. The summed E-state index contributed by atoms with van der Waals surface area (Å²) in [6, 6.07) is 21.2. The molecular weight excluding hydrogens is 294 g/mol. The third-order valence-electron chi connectivity index (χ3n) is 4.53. The molecule has 0 N–H and O–H groups in total. The lowest BCUT2D eigenvalue weighted by Gasteiger charge is -2.23. The minimum atomic E-state index is 0.163. The van der Waals surface area contributed by atoms with Crippen LogP contribution >= 0.6 is 0 Å². The molecule has 4 rings (SSSR count). The molecule has 3 nitrogen and oxygen atoms in total. The molecule has 0 spiro atoms. The normalized spacial score (nSPS) is 16.5. The predicted molar refractivity (Wildman–Crippen MR) is 97.5 cm³/mol. The first-order chi connectivity index (χ1) is 11.8. The molecule has 120 valence electrons. The van der Waals surface area contributed by atoms with Gasteiger partial charge in [0.1, 0.15) is 0 Å².